The van der Waals surface area contributed by atoms with E-state index >= 15 is 0 Å². The third-order valence-electron chi connectivity index (χ3n) is 5.24. The zero-order valence-electron chi connectivity index (χ0n) is 16.8. The van der Waals surface area contributed by atoms with Gasteiger partial charge in [-0.3, -0.25) is 9.88 Å². The fourth-order valence-corrected chi connectivity index (χ4v) is 3.74. The van der Waals surface area contributed by atoms with E-state index < -0.39 is 0 Å². The minimum absolute atomic E-state index is 0.455. The number of halogens is 1. The fraction of sp³-hybridized carbons (Fsp3) is 0.286. The second-order valence-corrected chi connectivity index (χ2v) is 8.34. The lowest BCUT2D eigenvalue weighted by Gasteiger charge is -2.19. The molecule has 0 bridgehead atoms. The second kappa shape index (κ2) is 8.33. The number of hydrogen-bond acceptors (Lipinski definition) is 7. The van der Waals surface area contributed by atoms with Gasteiger partial charge in [0.15, 0.2) is 10.6 Å². The zero-order chi connectivity index (χ0) is 21.4. The highest BCUT2D eigenvalue weighted by Crippen LogP contribution is 2.29. The van der Waals surface area contributed by atoms with E-state index in [2.05, 4.69) is 20.1 Å². The maximum absolute atomic E-state index is 5.96. The number of hydrogen-bond donors (Lipinski definition) is 0. The summed E-state index contributed by atoms with van der Waals surface area (Å²) in [5.74, 6) is 1.83. The monoisotopic (exact) mass is 453 g/mol. The van der Waals surface area contributed by atoms with Crippen molar-refractivity contribution >= 4 is 23.8 Å². The molecule has 0 radical (unpaired) electrons. The standard InChI is InChI=1S/C21H20ClN7OS/c1-27-19(15-3-2-10-23-11-15)26-29(21(27)31)13-28(17-8-9-17)12-18-24-25-20(30-18)14-4-6-16(22)7-5-14/h2-7,10-11,17H,8-9,12-13H2,1H3. The van der Waals surface area contributed by atoms with E-state index in [-0.39, 0.29) is 0 Å². The molecule has 4 aromatic rings. The predicted octanol–water partition coefficient (Wildman–Crippen LogP) is 4.34. The van der Waals surface area contributed by atoms with Gasteiger partial charge >= 0.3 is 0 Å². The Morgan fingerprint density at radius 3 is 2.68 bits per heavy atom. The minimum atomic E-state index is 0.455. The number of nitrogens with zero attached hydrogens (tertiary/aromatic N) is 7. The van der Waals surface area contributed by atoms with Crippen LogP contribution in [0.25, 0.3) is 22.8 Å². The number of benzene rings is 1. The first kappa shape index (κ1) is 20.0. The molecule has 3 aromatic heterocycles. The third-order valence-corrected chi connectivity index (χ3v) is 5.97. The van der Waals surface area contributed by atoms with Crippen LogP contribution in [0, 0.1) is 4.77 Å². The minimum Gasteiger partial charge on any atom is -0.419 e. The Morgan fingerprint density at radius 2 is 1.97 bits per heavy atom. The topological polar surface area (TPSA) is 77.8 Å². The molecule has 0 unspecified atom stereocenters. The molecule has 0 amide bonds. The molecule has 0 N–H and O–H groups in total. The van der Waals surface area contributed by atoms with Gasteiger partial charge in [0.1, 0.15) is 0 Å². The van der Waals surface area contributed by atoms with Gasteiger partial charge in [-0.2, -0.15) is 5.10 Å². The Hall–Kier alpha value is -2.88. The van der Waals surface area contributed by atoms with Crippen molar-refractivity contribution in [1.82, 2.24) is 34.4 Å². The second-order valence-electron chi connectivity index (χ2n) is 7.53. The number of aromatic nitrogens is 6. The molecular weight excluding hydrogens is 434 g/mol. The predicted molar refractivity (Wildman–Crippen MR) is 119 cm³/mol. The Kier molecular flexibility index (Phi) is 5.39. The number of rotatable bonds is 7. The van der Waals surface area contributed by atoms with Gasteiger partial charge in [0.05, 0.1) is 13.2 Å². The molecule has 0 spiro atoms. The zero-order valence-corrected chi connectivity index (χ0v) is 18.4. The average molecular weight is 454 g/mol. The molecule has 1 aliphatic carbocycles. The molecule has 10 heteroatoms. The number of pyridine rings is 1. The largest absolute Gasteiger partial charge is 0.419 e. The average Bonchev–Trinajstić information content (AvgIpc) is 3.48. The van der Waals surface area contributed by atoms with Crippen LogP contribution in [-0.2, 0) is 20.3 Å². The fourth-order valence-electron chi connectivity index (χ4n) is 3.43. The van der Waals surface area contributed by atoms with Crippen LogP contribution in [0.3, 0.4) is 0 Å². The van der Waals surface area contributed by atoms with E-state index in [1.54, 1.807) is 24.5 Å². The molecule has 158 valence electrons. The third kappa shape index (κ3) is 4.30. The summed E-state index contributed by atoms with van der Waals surface area (Å²) < 4.78 is 10.3. The van der Waals surface area contributed by atoms with Crippen LogP contribution in [-0.4, -0.2) is 40.5 Å². The first-order valence-corrected chi connectivity index (χ1v) is 10.7. The Balaban J connectivity index is 1.36. The van der Waals surface area contributed by atoms with E-state index in [4.69, 9.17) is 33.3 Å². The summed E-state index contributed by atoms with van der Waals surface area (Å²) in [6.07, 6.45) is 5.80. The van der Waals surface area contributed by atoms with Crippen molar-refractivity contribution in [3.63, 3.8) is 0 Å². The van der Waals surface area contributed by atoms with Crippen LogP contribution in [0.2, 0.25) is 5.02 Å². The highest BCUT2D eigenvalue weighted by molar-refractivity contribution is 7.71. The summed E-state index contributed by atoms with van der Waals surface area (Å²) >= 11 is 11.6. The van der Waals surface area contributed by atoms with Crippen LogP contribution in [0.1, 0.15) is 18.7 Å². The van der Waals surface area contributed by atoms with Crippen LogP contribution in [0.5, 0.6) is 0 Å². The first-order valence-electron chi connectivity index (χ1n) is 9.95. The van der Waals surface area contributed by atoms with E-state index in [1.807, 2.05) is 40.6 Å². The normalized spacial score (nSPS) is 13.8. The lowest BCUT2D eigenvalue weighted by Crippen LogP contribution is -2.29. The van der Waals surface area contributed by atoms with Crippen molar-refractivity contribution in [2.45, 2.75) is 32.1 Å². The maximum Gasteiger partial charge on any atom is 0.247 e. The smallest absolute Gasteiger partial charge is 0.247 e. The highest BCUT2D eigenvalue weighted by Gasteiger charge is 2.31. The van der Waals surface area contributed by atoms with Crippen molar-refractivity contribution in [3.05, 3.63) is 64.5 Å². The van der Waals surface area contributed by atoms with Crippen molar-refractivity contribution in [2.24, 2.45) is 7.05 Å². The van der Waals surface area contributed by atoms with Crippen molar-refractivity contribution in [3.8, 4) is 22.8 Å². The molecule has 8 nitrogen and oxygen atoms in total. The summed E-state index contributed by atoms with van der Waals surface area (Å²) in [6, 6.07) is 11.7. The summed E-state index contributed by atoms with van der Waals surface area (Å²) in [5.41, 5.74) is 1.77. The summed E-state index contributed by atoms with van der Waals surface area (Å²) in [7, 11) is 1.92. The van der Waals surface area contributed by atoms with Crippen LogP contribution < -0.4 is 0 Å². The Morgan fingerprint density at radius 1 is 1.16 bits per heavy atom. The van der Waals surface area contributed by atoms with Crippen molar-refractivity contribution < 1.29 is 4.42 Å². The van der Waals surface area contributed by atoms with Gasteiger partial charge in [0.25, 0.3) is 0 Å². The molecular formula is C21H20ClN7OS. The van der Waals surface area contributed by atoms with Gasteiger partial charge in [0.2, 0.25) is 11.8 Å². The maximum atomic E-state index is 5.96. The van der Waals surface area contributed by atoms with Crippen LogP contribution in [0.4, 0.5) is 0 Å². The molecule has 3 heterocycles. The Bertz CT molecular complexity index is 1240. The lowest BCUT2D eigenvalue weighted by molar-refractivity contribution is 0.170. The summed E-state index contributed by atoms with van der Waals surface area (Å²) in [6.45, 7) is 1.09. The van der Waals surface area contributed by atoms with Gasteiger partial charge in [-0.15, -0.1) is 10.2 Å². The Labute approximate surface area is 189 Å². The molecule has 5 rings (SSSR count). The van der Waals surface area contributed by atoms with E-state index in [9.17, 15) is 0 Å². The van der Waals surface area contributed by atoms with E-state index in [0.29, 0.717) is 40.8 Å². The molecule has 0 aliphatic heterocycles. The molecule has 1 fully saturated rings. The van der Waals surface area contributed by atoms with Crippen LogP contribution >= 0.6 is 23.8 Å². The van der Waals surface area contributed by atoms with Crippen molar-refractivity contribution in [1.29, 1.82) is 0 Å². The lowest BCUT2D eigenvalue weighted by atomic mass is 10.2. The SMILES string of the molecule is Cn1c(-c2cccnc2)nn(CN(Cc2nnc(-c3ccc(Cl)cc3)o2)C2CC2)c1=S. The van der Waals surface area contributed by atoms with E-state index in [0.717, 1.165) is 29.8 Å². The van der Waals surface area contributed by atoms with Gasteiger partial charge in [-0.1, -0.05) is 11.6 Å². The first-order chi connectivity index (χ1) is 15.1. The van der Waals surface area contributed by atoms with Gasteiger partial charge in [-0.05, 0) is 61.5 Å². The van der Waals surface area contributed by atoms with E-state index in [1.165, 1.54) is 0 Å². The highest BCUT2D eigenvalue weighted by atomic mass is 35.5. The summed E-state index contributed by atoms with van der Waals surface area (Å²) in [4.78, 5) is 6.46. The van der Waals surface area contributed by atoms with Gasteiger partial charge in [-0.25, -0.2) is 4.68 Å². The summed E-state index contributed by atoms with van der Waals surface area (Å²) in [5, 5.41) is 13.8. The molecule has 0 saturated heterocycles. The van der Waals surface area contributed by atoms with Gasteiger partial charge in [0, 0.05) is 41.6 Å². The van der Waals surface area contributed by atoms with Gasteiger partial charge < -0.3 is 8.98 Å². The molecule has 1 saturated carbocycles. The molecule has 1 aromatic carbocycles. The molecule has 31 heavy (non-hydrogen) atoms. The van der Waals surface area contributed by atoms with Crippen LogP contribution in [0.15, 0.2) is 53.2 Å². The molecule has 1 aliphatic rings. The quantitative estimate of drug-likeness (QED) is 0.385. The molecule has 0 atom stereocenters. The van der Waals surface area contributed by atoms with Crippen molar-refractivity contribution in [2.75, 3.05) is 0 Å².